The van der Waals surface area contributed by atoms with Crippen molar-refractivity contribution < 1.29 is 4.42 Å². The second-order valence-corrected chi connectivity index (χ2v) is 5.63. The van der Waals surface area contributed by atoms with Crippen LogP contribution in [0.4, 0.5) is 0 Å². The van der Waals surface area contributed by atoms with Gasteiger partial charge in [-0.25, -0.2) is 4.98 Å². The third-order valence-corrected chi connectivity index (χ3v) is 2.82. The topological polar surface area (TPSA) is 26.0 Å². The number of rotatable bonds is 1. The molecule has 0 aromatic carbocycles. The second-order valence-electron chi connectivity index (χ2n) is 5.63. The van der Waals surface area contributed by atoms with Crippen molar-refractivity contribution >= 4 is 11.1 Å². The first kappa shape index (κ1) is 11.2. The van der Waals surface area contributed by atoms with Crippen LogP contribution >= 0.6 is 0 Å². The molecule has 0 saturated carbocycles. The van der Waals surface area contributed by atoms with Gasteiger partial charge < -0.3 is 4.42 Å². The van der Waals surface area contributed by atoms with Gasteiger partial charge in [-0.15, -0.1) is 0 Å². The van der Waals surface area contributed by atoms with Gasteiger partial charge in [0.25, 0.3) is 0 Å². The number of pyridine rings is 1. The highest BCUT2D eigenvalue weighted by atomic mass is 16.3. The summed E-state index contributed by atoms with van der Waals surface area (Å²) in [6.07, 6.45) is 1.70. The first-order valence-corrected chi connectivity index (χ1v) is 5.78. The van der Waals surface area contributed by atoms with Crippen LogP contribution in [0, 0.1) is 0 Å². The van der Waals surface area contributed by atoms with E-state index >= 15 is 0 Å². The van der Waals surface area contributed by atoms with Crippen LogP contribution < -0.4 is 0 Å². The maximum absolute atomic E-state index is 5.43. The van der Waals surface area contributed by atoms with E-state index in [9.17, 15) is 0 Å². The maximum Gasteiger partial charge on any atom is 0.152 e. The Morgan fingerprint density at radius 1 is 1.25 bits per heavy atom. The largest absolute Gasteiger partial charge is 0.463 e. The second kappa shape index (κ2) is 3.62. The first-order chi connectivity index (χ1) is 7.39. The van der Waals surface area contributed by atoms with Crippen molar-refractivity contribution in [3.8, 4) is 0 Å². The summed E-state index contributed by atoms with van der Waals surface area (Å²) in [5.41, 5.74) is 4.41. The molecule has 0 aliphatic carbocycles. The van der Waals surface area contributed by atoms with E-state index in [-0.39, 0.29) is 5.41 Å². The van der Waals surface area contributed by atoms with Gasteiger partial charge in [-0.05, 0) is 23.0 Å². The van der Waals surface area contributed by atoms with E-state index in [1.54, 1.807) is 6.26 Å². The molecule has 0 N–H and O–H groups in total. The average Bonchev–Trinajstić information content (AvgIpc) is 2.60. The van der Waals surface area contributed by atoms with E-state index in [0.29, 0.717) is 5.92 Å². The van der Waals surface area contributed by atoms with Crippen molar-refractivity contribution in [2.75, 3.05) is 0 Å². The maximum atomic E-state index is 5.43. The van der Waals surface area contributed by atoms with Gasteiger partial charge in [0, 0.05) is 11.8 Å². The lowest BCUT2D eigenvalue weighted by molar-refractivity contribution is 0.565. The first-order valence-electron chi connectivity index (χ1n) is 5.78. The Morgan fingerprint density at radius 2 is 1.94 bits per heavy atom. The summed E-state index contributed by atoms with van der Waals surface area (Å²) in [7, 11) is 0. The van der Waals surface area contributed by atoms with Gasteiger partial charge in [0.1, 0.15) is 5.52 Å². The Hall–Kier alpha value is -1.31. The molecule has 0 fully saturated rings. The highest BCUT2D eigenvalue weighted by Gasteiger charge is 2.22. The summed E-state index contributed by atoms with van der Waals surface area (Å²) in [6.45, 7) is 11.0. The average molecular weight is 217 g/mol. The number of aromatic nitrogens is 1. The lowest BCUT2D eigenvalue weighted by atomic mass is 9.83. The van der Waals surface area contributed by atoms with Crippen LogP contribution in [0.15, 0.2) is 22.8 Å². The number of furan rings is 1. The van der Waals surface area contributed by atoms with Gasteiger partial charge in [0.05, 0.1) is 6.26 Å². The molecule has 2 aromatic heterocycles. The molecule has 2 nitrogen and oxygen atoms in total. The highest BCUT2D eigenvalue weighted by molar-refractivity contribution is 5.74. The summed E-state index contributed by atoms with van der Waals surface area (Å²) in [5.74, 6) is 0.438. The number of hydrogen-bond donors (Lipinski definition) is 0. The molecule has 2 rings (SSSR count). The van der Waals surface area contributed by atoms with Crippen molar-refractivity contribution in [1.82, 2.24) is 4.98 Å². The predicted molar refractivity (Wildman–Crippen MR) is 66.8 cm³/mol. The van der Waals surface area contributed by atoms with Gasteiger partial charge in [-0.3, -0.25) is 0 Å². The summed E-state index contributed by atoms with van der Waals surface area (Å²) in [4.78, 5) is 4.71. The van der Waals surface area contributed by atoms with Gasteiger partial charge in [-0.2, -0.15) is 0 Å². The summed E-state index contributed by atoms with van der Waals surface area (Å²) >= 11 is 0. The smallest absolute Gasteiger partial charge is 0.152 e. The molecule has 0 aliphatic heterocycles. The van der Waals surface area contributed by atoms with E-state index in [0.717, 1.165) is 11.1 Å². The van der Waals surface area contributed by atoms with Gasteiger partial charge in [0.15, 0.2) is 5.58 Å². The minimum Gasteiger partial charge on any atom is -0.463 e. The molecule has 0 amide bonds. The SMILES string of the molecule is CC(C)c1nc2ccoc2cc1C(C)(C)C. The fourth-order valence-electron chi connectivity index (χ4n) is 1.95. The minimum absolute atomic E-state index is 0.105. The molecule has 0 saturated heterocycles. The fraction of sp³-hybridized carbons (Fsp3) is 0.500. The van der Waals surface area contributed by atoms with Crippen LogP contribution in [0.3, 0.4) is 0 Å². The summed E-state index contributed by atoms with van der Waals surface area (Å²) < 4.78 is 5.43. The lowest BCUT2D eigenvalue weighted by Crippen LogP contribution is -2.16. The number of hydrogen-bond acceptors (Lipinski definition) is 2. The van der Waals surface area contributed by atoms with E-state index in [4.69, 9.17) is 9.40 Å². The third-order valence-electron chi connectivity index (χ3n) is 2.82. The third kappa shape index (κ3) is 1.84. The van der Waals surface area contributed by atoms with Gasteiger partial charge in [-0.1, -0.05) is 34.6 Å². The quantitative estimate of drug-likeness (QED) is 0.713. The standard InChI is InChI=1S/C14H19NO/c1-9(2)13-10(14(3,4)5)8-12-11(15-13)6-7-16-12/h6-9H,1-5H3. The van der Waals surface area contributed by atoms with E-state index in [2.05, 4.69) is 40.7 Å². The molecule has 0 unspecified atom stereocenters. The molecule has 0 bridgehead atoms. The zero-order valence-corrected chi connectivity index (χ0v) is 10.7. The van der Waals surface area contributed by atoms with Gasteiger partial charge in [0.2, 0.25) is 0 Å². The lowest BCUT2D eigenvalue weighted by Gasteiger charge is -2.23. The molecule has 86 valence electrons. The van der Waals surface area contributed by atoms with Crippen LogP contribution in [0.1, 0.15) is 51.8 Å². The summed E-state index contributed by atoms with van der Waals surface area (Å²) in [5, 5.41) is 0. The molecular weight excluding hydrogens is 198 g/mol. The molecule has 0 aliphatic rings. The van der Waals surface area contributed by atoms with E-state index < -0.39 is 0 Å². The van der Waals surface area contributed by atoms with Crippen molar-refractivity contribution in [3.05, 3.63) is 29.7 Å². The van der Waals surface area contributed by atoms with Crippen molar-refractivity contribution in [2.45, 2.75) is 46.0 Å². The van der Waals surface area contributed by atoms with Crippen LogP contribution in [-0.2, 0) is 5.41 Å². The van der Waals surface area contributed by atoms with Gasteiger partial charge >= 0.3 is 0 Å². The fourth-order valence-corrected chi connectivity index (χ4v) is 1.95. The molecular formula is C14H19NO. The Morgan fingerprint density at radius 3 is 2.50 bits per heavy atom. The Balaban J connectivity index is 2.72. The van der Waals surface area contributed by atoms with E-state index in [1.807, 2.05) is 6.07 Å². The molecule has 2 heteroatoms. The highest BCUT2D eigenvalue weighted by Crippen LogP contribution is 2.32. The molecule has 0 radical (unpaired) electrons. The molecule has 16 heavy (non-hydrogen) atoms. The Kier molecular flexibility index (Phi) is 2.53. The van der Waals surface area contributed by atoms with Crippen LogP contribution in [-0.4, -0.2) is 4.98 Å². The molecule has 0 spiro atoms. The van der Waals surface area contributed by atoms with E-state index in [1.165, 1.54) is 11.3 Å². The zero-order valence-electron chi connectivity index (χ0n) is 10.7. The monoisotopic (exact) mass is 217 g/mol. The zero-order chi connectivity index (χ0) is 11.9. The van der Waals surface area contributed by atoms with Crippen LogP contribution in [0.2, 0.25) is 0 Å². The predicted octanol–water partition coefficient (Wildman–Crippen LogP) is 4.25. The normalized spacial score (nSPS) is 12.6. The van der Waals surface area contributed by atoms with Crippen LogP contribution in [0.5, 0.6) is 0 Å². The molecule has 2 aromatic rings. The van der Waals surface area contributed by atoms with Crippen molar-refractivity contribution in [1.29, 1.82) is 0 Å². The van der Waals surface area contributed by atoms with Crippen molar-refractivity contribution in [3.63, 3.8) is 0 Å². The minimum atomic E-state index is 0.105. The van der Waals surface area contributed by atoms with Crippen molar-refractivity contribution in [2.24, 2.45) is 0 Å². The molecule has 2 heterocycles. The molecule has 0 atom stereocenters. The van der Waals surface area contributed by atoms with Crippen LogP contribution in [0.25, 0.3) is 11.1 Å². The Bertz CT molecular complexity index is 503. The number of fused-ring (bicyclic) bond motifs is 1. The summed E-state index contributed by atoms with van der Waals surface area (Å²) in [6, 6.07) is 4.06. The number of nitrogens with zero attached hydrogens (tertiary/aromatic N) is 1. The Labute approximate surface area is 96.7 Å².